The molecule has 2 rings (SSSR count). The predicted octanol–water partition coefficient (Wildman–Crippen LogP) is 0.680. The SMILES string of the molecule is CC1CNC(Cl)C(C2CCCO2)N1. The molecule has 0 aliphatic carbocycles. The largest absolute Gasteiger partial charge is 0.376 e. The third kappa shape index (κ3) is 2.15. The number of rotatable bonds is 1. The van der Waals surface area contributed by atoms with Gasteiger partial charge in [0.2, 0.25) is 0 Å². The zero-order valence-electron chi connectivity index (χ0n) is 7.92. The monoisotopic (exact) mass is 204 g/mol. The van der Waals surface area contributed by atoms with Gasteiger partial charge in [0.1, 0.15) is 5.50 Å². The Morgan fingerprint density at radius 3 is 3.00 bits per heavy atom. The van der Waals surface area contributed by atoms with E-state index in [1.165, 1.54) is 6.42 Å². The van der Waals surface area contributed by atoms with Gasteiger partial charge in [-0.15, -0.1) is 11.6 Å². The highest BCUT2D eigenvalue weighted by Gasteiger charge is 2.34. The first-order valence-corrected chi connectivity index (χ1v) is 5.46. The van der Waals surface area contributed by atoms with E-state index in [0.717, 1.165) is 19.6 Å². The second kappa shape index (κ2) is 4.13. The maximum atomic E-state index is 6.17. The zero-order chi connectivity index (χ0) is 9.26. The molecule has 4 atom stereocenters. The summed E-state index contributed by atoms with van der Waals surface area (Å²) in [6.45, 7) is 4.00. The van der Waals surface area contributed by atoms with Crippen molar-refractivity contribution in [2.45, 2.75) is 43.5 Å². The minimum atomic E-state index is 0.0132. The maximum Gasteiger partial charge on any atom is 0.101 e. The second-order valence-electron chi connectivity index (χ2n) is 3.95. The molecule has 13 heavy (non-hydrogen) atoms. The van der Waals surface area contributed by atoms with Crippen molar-refractivity contribution in [2.75, 3.05) is 13.2 Å². The third-order valence-electron chi connectivity index (χ3n) is 2.78. The minimum Gasteiger partial charge on any atom is -0.376 e. The first-order valence-electron chi connectivity index (χ1n) is 5.02. The van der Waals surface area contributed by atoms with E-state index in [9.17, 15) is 0 Å². The number of alkyl halides is 1. The van der Waals surface area contributed by atoms with Crippen molar-refractivity contribution in [3.05, 3.63) is 0 Å². The average Bonchev–Trinajstić information content (AvgIpc) is 2.61. The van der Waals surface area contributed by atoms with Crippen LogP contribution in [0, 0.1) is 0 Å². The van der Waals surface area contributed by atoms with Crippen molar-refractivity contribution < 1.29 is 4.74 Å². The lowest BCUT2D eigenvalue weighted by Gasteiger charge is -2.36. The Labute approximate surface area is 84.2 Å². The molecule has 0 aromatic carbocycles. The van der Waals surface area contributed by atoms with Crippen LogP contribution in [0.5, 0.6) is 0 Å². The Balaban J connectivity index is 1.94. The minimum absolute atomic E-state index is 0.0132. The average molecular weight is 205 g/mol. The van der Waals surface area contributed by atoms with Gasteiger partial charge >= 0.3 is 0 Å². The van der Waals surface area contributed by atoms with Gasteiger partial charge in [-0.05, 0) is 19.8 Å². The number of hydrogen-bond acceptors (Lipinski definition) is 3. The van der Waals surface area contributed by atoms with Gasteiger partial charge in [-0.3, -0.25) is 5.32 Å². The summed E-state index contributed by atoms with van der Waals surface area (Å²) < 4.78 is 5.62. The van der Waals surface area contributed by atoms with Crippen LogP contribution >= 0.6 is 11.6 Å². The molecule has 3 nitrogen and oxygen atoms in total. The van der Waals surface area contributed by atoms with E-state index in [4.69, 9.17) is 16.3 Å². The molecule has 4 unspecified atom stereocenters. The van der Waals surface area contributed by atoms with Crippen LogP contribution in [0.4, 0.5) is 0 Å². The molecule has 2 fully saturated rings. The lowest BCUT2D eigenvalue weighted by Crippen LogP contribution is -2.61. The van der Waals surface area contributed by atoms with E-state index < -0.39 is 0 Å². The Hall–Kier alpha value is 0.170. The molecular formula is C9H17ClN2O. The summed E-state index contributed by atoms with van der Waals surface area (Å²) in [4.78, 5) is 0. The van der Waals surface area contributed by atoms with Crippen LogP contribution in [-0.4, -0.2) is 36.8 Å². The number of piperazine rings is 1. The molecular weight excluding hydrogens is 188 g/mol. The van der Waals surface area contributed by atoms with Crippen molar-refractivity contribution >= 4 is 11.6 Å². The first-order chi connectivity index (χ1) is 6.27. The quantitative estimate of drug-likeness (QED) is 0.487. The molecule has 2 N–H and O–H groups in total. The standard InChI is InChI=1S/C9H17ClN2O/c1-6-5-11-9(10)8(12-6)7-3-2-4-13-7/h6-9,11-12H,2-5H2,1H3. The third-order valence-corrected chi connectivity index (χ3v) is 3.20. The van der Waals surface area contributed by atoms with E-state index in [1.807, 2.05) is 0 Å². The molecule has 0 aromatic heterocycles. The van der Waals surface area contributed by atoms with Crippen LogP contribution < -0.4 is 10.6 Å². The molecule has 0 bridgehead atoms. The highest BCUT2D eigenvalue weighted by Crippen LogP contribution is 2.21. The van der Waals surface area contributed by atoms with Gasteiger partial charge in [0, 0.05) is 19.2 Å². The molecule has 2 heterocycles. The Morgan fingerprint density at radius 1 is 1.46 bits per heavy atom. The Bertz CT molecular complexity index is 173. The molecule has 0 spiro atoms. The van der Waals surface area contributed by atoms with Crippen LogP contribution in [-0.2, 0) is 4.74 Å². The Morgan fingerprint density at radius 2 is 2.31 bits per heavy atom. The number of ether oxygens (including phenoxy) is 1. The summed E-state index contributed by atoms with van der Waals surface area (Å²) in [6, 6.07) is 0.761. The summed E-state index contributed by atoms with van der Waals surface area (Å²) in [5, 5.41) is 6.77. The molecule has 0 saturated carbocycles. The number of nitrogens with one attached hydrogen (secondary N) is 2. The summed E-state index contributed by atoms with van der Waals surface area (Å²) in [5.74, 6) is 0. The van der Waals surface area contributed by atoms with Gasteiger partial charge in [-0.25, -0.2) is 0 Å². The summed E-state index contributed by atoms with van der Waals surface area (Å²) >= 11 is 6.17. The number of halogens is 1. The van der Waals surface area contributed by atoms with Crippen molar-refractivity contribution in [3.63, 3.8) is 0 Å². The van der Waals surface area contributed by atoms with Gasteiger partial charge < -0.3 is 10.1 Å². The smallest absolute Gasteiger partial charge is 0.101 e. The maximum absolute atomic E-state index is 6.17. The zero-order valence-corrected chi connectivity index (χ0v) is 8.68. The highest BCUT2D eigenvalue weighted by molar-refractivity contribution is 6.20. The van der Waals surface area contributed by atoms with Gasteiger partial charge in [0.05, 0.1) is 12.1 Å². The molecule has 0 amide bonds. The molecule has 2 aliphatic heterocycles. The fourth-order valence-electron chi connectivity index (χ4n) is 2.07. The van der Waals surface area contributed by atoms with Crippen LogP contribution in [0.2, 0.25) is 0 Å². The molecule has 2 aliphatic rings. The van der Waals surface area contributed by atoms with Crippen LogP contribution in [0.3, 0.4) is 0 Å². The molecule has 2 saturated heterocycles. The first kappa shape index (κ1) is 9.71. The van der Waals surface area contributed by atoms with Crippen molar-refractivity contribution in [1.82, 2.24) is 10.6 Å². The van der Waals surface area contributed by atoms with Gasteiger partial charge in [-0.1, -0.05) is 0 Å². The summed E-state index contributed by atoms with van der Waals surface area (Å²) in [5.41, 5.74) is 0.0132. The highest BCUT2D eigenvalue weighted by atomic mass is 35.5. The Kier molecular flexibility index (Phi) is 3.09. The van der Waals surface area contributed by atoms with Crippen LogP contribution in [0.1, 0.15) is 19.8 Å². The van der Waals surface area contributed by atoms with E-state index >= 15 is 0 Å². The van der Waals surface area contributed by atoms with Crippen molar-refractivity contribution in [2.24, 2.45) is 0 Å². The lowest BCUT2D eigenvalue weighted by molar-refractivity contribution is 0.0627. The van der Waals surface area contributed by atoms with Gasteiger partial charge in [0.25, 0.3) is 0 Å². The van der Waals surface area contributed by atoms with Crippen molar-refractivity contribution in [3.8, 4) is 0 Å². The summed E-state index contributed by atoms with van der Waals surface area (Å²) in [6.07, 6.45) is 2.61. The van der Waals surface area contributed by atoms with Gasteiger partial charge in [0.15, 0.2) is 0 Å². The van der Waals surface area contributed by atoms with E-state index in [2.05, 4.69) is 17.6 Å². The van der Waals surface area contributed by atoms with Crippen LogP contribution in [0.25, 0.3) is 0 Å². The molecule has 76 valence electrons. The fourth-order valence-corrected chi connectivity index (χ4v) is 2.39. The van der Waals surface area contributed by atoms with E-state index in [0.29, 0.717) is 12.1 Å². The topological polar surface area (TPSA) is 33.3 Å². The van der Waals surface area contributed by atoms with E-state index in [-0.39, 0.29) is 11.5 Å². The van der Waals surface area contributed by atoms with Gasteiger partial charge in [-0.2, -0.15) is 0 Å². The van der Waals surface area contributed by atoms with Crippen LogP contribution in [0.15, 0.2) is 0 Å². The molecule has 0 aromatic rings. The number of hydrogen-bond donors (Lipinski definition) is 2. The second-order valence-corrected chi connectivity index (χ2v) is 4.43. The van der Waals surface area contributed by atoms with Crippen molar-refractivity contribution in [1.29, 1.82) is 0 Å². The fraction of sp³-hybridized carbons (Fsp3) is 1.00. The molecule has 4 heteroatoms. The molecule has 0 radical (unpaired) electrons. The van der Waals surface area contributed by atoms with E-state index in [1.54, 1.807) is 0 Å². The lowest BCUT2D eigenvalue weighted by atomic mass is 10.0. The predicted molar refractivity (Wildman–Crippen MR) is 53.0 cm³/mol. The normalized spacial score (nSPS) is 46.6. The summed E-state index contributed by atoms with van der Waals surface area (Å²) in [7, 11) is 0.